The molecule has 0 spiro atoms. The van der Waals surface area contributed by atoms with Crippen molar-refractivity contribution in [2.75, 3.05) is 44.2 Å². The van der Waals surface area contributed by atoms with Crippen LogP contribution in [0.3, 0.4) is 0 Å². The zero-order valence-corrected chi connectivity index (χ0v) is 26.0. The number of hydrogen-bond acceptors (Lipinski definition) is 9. The van der Waals surface area contributed by atoms with Crippen LogP contribution in [-0.2, 0) is 28.5 Å². The predicted molar refractivity (Wildman–Crippen MR) is 161 cm³/mol. The number of piperazine rings is 1. The molecule has 0 radical (unpaired) electrons. The summed E-state index contributed by atoms with van der Waals surface area (Å²) in [6.45, 7) is 5.35. The monoisotopic (exact) mass is 613 g/mol. The Balaban J connectivity index is 1.44. The van der Waals surface area contributed by atoms with Crippen molar-refractivity contribution >= 4 is 38.6 Å². The van der Waals surface area contributed by atoms with Crippen LogP contribution < -0.4 is 20.7 Å². The van der Waals surface area contributed by atoms with E-state index in [0.29, 0.717) is 36.9 Å². The van der Waals surface area contributed by atoms with Gasteiger partial charge in [-0.2, -0.15) is 5.10 Å². The zero-order chi connectivity index (χ0) is 30.7. The van der Waals surface area contributed by atoms with E-state index in [-0.39, 0.29) is 34.8 Å². The summed E-state index contributed by atoms with van der Waals surface area (Å²) < 4.78 is 33.1. The topological polar surface area (TPSA) is 147 Å². The van der Waals surface area contributed by atoms with Crippen LogP contribution in [0.4, 0.5) is 16.4 Å². The second-order valence-corrected chi connectivity index (χ2v) is 14.0. The molecule has 3 aromatic rings. The molecule has 232 valence electrons. The highest BCUT2D eigenvalue weighted by atomic mass is 32.2. The smallest absolute Gasteiger partial charge is 0.320 e. The second-order valence-electron chi connectivity index (χ2n) is 12.3. The summed E-state index contributed by atoms with van der Waals surface area (Å²) in [5.41, 5.74) is 3.45. The number of benzene rings is 1. The lowest BCUT2D eigenvalue weighted by molar-refractivity contribution is 0.137. The molecule has 2 aromatic heterocycles. The number of aryl methyl sites for hydroxylation is 1. The number of carbonyl (C=O) groups is 1. The maximum absolute atomic E-state index is 14.1. The van der Waals surface area contributed by atoms with E-state index in [9.17, 15) is 18.0 Å². The van der Waals surface area contributed by atoms with Crippen molar-refractivity contribution in [3.8, 4) is 0 Å². The fourth-order valence-corrected chi connectivity index (χ4v) is 7.19. The maximum Gasteiger partial charge on any atom is 0.320 e. The molecular weight excluding hydrogens is 574 g/mol. The van der Waals surface area contributed by atoms with Gasteiger partial charge < -0.3 is 14.7 Å². The Morgan fingerprint density at radius 2 is 1.98 bits per heavy atom. The Morgan fingerprint density at radius 1 is 1.23 bits per heavy atom. The van der Waals surface area contributed by atoms with Crippen molar-refractivity contribution in [3.63, 3.8) is 0 Å². The molecule has 43 heavy (non-hydrogen) atoms. The first-order valence-corrected chi connectivity index (χ1v) is 16.0. The lowest BCUT2D eigenvalue weighted by Crippen LogP contribution is -2.57. The molecule has 2 N–H and O–H groups in total. The molecule has 3 heterocycles. The SMILES string of the molecule is CONc1nc2c(N3CCN(C(=O)N(C)C4CC4)[C@H](C)C3)cc(S(=O)(=O)NC3(C)CC3)cc2c(=O)n1Cc1cnn(C)c1. The lowest BCUT2D eigenvalue weighted by Gasteiger charge is -2.42. The van der Waals surface area contributed by atoms with Crippen LogP contribution >= 0.6 is 0 Å². The minimum Gasteiger partial charge on any atom is -0.366 e. The zero-order valence-electron chi connectivity index (χ0n) is 25.2. The van der Waals surface area contributed by atoms with Gasteiger partial charge in [-0.15, -0.1) is 0 Å². The maximum atomic E-state index is 14.1. The molecule has 1 aliphatic heterocycles. The summed E-state index contributed by atoms with van der Waals surface area (Å²) in [6.07, 6.45) is 7.00. The van der Waals surface area contributed by atoms with E-state index < -0.39 is 21.1 Å². The number of urea groups is 1. The molecule has 0 unspecified atom stereocenters. The number of anilines is 2. The van der Waals surface area contributed by atoms with Crippen LogP contribution in [0.2, 0.25) is 0 Å². The average Bonchev–Trinajstić information content (AvgIpc) is 3.89. The van der Waals surface area contributed by atoms with Crippen LogP contribution in [0.25, 0.3) is 10.9 Å². The predicted octanol–water partition coefficient (Wildman–Crippen LogP) is 1.71. The first-order chi connectivity index (χ1) is 20.4. The first-order valence-electron chi connectivity index (χ1n) is 14.6. The fraction of sp³-hybridized carbons (Fsp3) is 0.571. The number of carbonyl (C=O) groups excluding carboxylic acids is 1. The Labute approximate surface area is 250 Å². The van der Waals surface area contributed by atoms with Gasteiger partial charge in [-0.1, -0.05) is 0 Å². The van der Waals surface area contributed by atoms with Crippen molar-refractivity contribution in [1.82, 2.24) is 33.9 Å². The number of fused-ring (bicyclic) bond motifs is 1. The largest absolute Gasteiger partial charge is 0.366 e. The second kappa shape index (κ2) is 10.8. The van der Waals surface area contributed by atoms with Gasteiger partial charge in [-0.3, -0.25) is 18.9 Å². The normalized spacial score (nSPS) is 20.0. The first kappa shape index (κ1) is 29.4. The van der Waals surface area contributed by atoms with Crippen molar-refractivity contribution in [2.24, 2.45) is 7.05 Å². The molecular formula is C28H39N9O5S. The van der Waals surface area contributed by atoms with Gasteiger partial charge in [0.15, 0.2) is 0 Å². The fourth-order valence-electron chi connectivity index (χ4n) is 5.68. The molecule has 2 aliphatic carbocycles. The van der Waals surface area contributed by atoms with E-state index in [1.165, 1.54) is 17.7 Å². The summed E-state index contributed by atoms with van der Waals surface area (Å²) >= 11 is 0. The van der Waals surface area contributed by atoms with Gasteiger partial charge in [0, 0.05) is 63.1 Å². The van der Waals surface area contributed by atoms with Gasteiger partial charge in [0.25, 0.3) is 5.56 Å². The highest BCUT2D eigenvalue weighted by Gasteiger charge is 2.42. The van der Waals surface area contributed by atoms with Crippen LogP contribution in [0.1, 0.15) is 45.1 Å². The van der Waals surface area contributed by atoms with E-state index >= 15 is 0 Å². The number of sulfonamides is 1. The van der Waals surface area contributed by atoms with Gasteiger partial charge in [0.1, 0.15) is 5.52 Å². The van der Waals surface area contributed by atoms with Gasteiger partial charge >= 0.3 is 6.03 Å². The van der Waals surface area contributed by atoms with Crippen LogP contribution in [0, 0.1) is 0 Å². The number of hydrogen-bond donors (Lipinski definition) is 2. The molecule has 3 aliphatic rings. The Morgan fingerprint density at radius 3 is 2.58 bits per heavy atom. The van der Waals surface area contributed by atoms with Crippen molar-refractivity contribution in [1.29, 1.82) is 0 Å². The summed E-state index contributed by atoms with van der Waals surface area (Å²) in [5.74, 6) is 0.178. The number of nitrogens with zero attached hydrogens (tertiary/aromatic N) is 7. The molecule has 0 bridgehead atoms. The Bertz CT molecular complexity index is 1730. The Kier molecular flexibility index (Phi) is 7.37. The molecule has 1 saturated heterocycles. The van der Waals surface area contributed by atoms with E-state index in [1.807, 2.05) is 35.6 Å². The number of nitrogens with one attached hydrogen (secondary N) is 2. The van der Waals surface area contributed by atoms with Crippen LogP contribution in [0.15, 0.2) is 34.2 Å². The van der Waals surface area contributed by atoms with Gasteiger partial charge in [0.05, 0.1) is 35.8 Å². The number of rotatable bonds is 9. The highest BCUT2D eigenvalue weighted by molar-refractivity contribution is 7.89. The van der Waals surface area contributed by atoms with E-state index in [2.05, 4.69) is 15.3 Å². The van der Waals surface area contributed by atoms with E-state index in [1.54, 1.807) is 30.2 Å². The minimum absolute atomic E-state index is 0.000655. The van der Waals surface area contributed by atoms with E-state index in [0.717, 1.165) is 31.2 Å². The molecule has 15 heteroatoms. The quantitative estimate of drug-likeness (QED) is 0.344. The van der Waals surface area contributed by atoms with Crippen molar-refractivity contribution in [2.45, 2.75) is 68.6 Å². The number of aromatic nitrogens is 4. The third kappa shape index (κ3) is 5.80. The van der Waals surface area contributed by atoms with Gasteiger partial charge in [-0.05, 0) is 51.7 Å². The third-order valence-electron chi connectivity index (χ3n) is 8.61. The van der Waals surface area contributed by atoms with Crippen molar-refractivity contribution in [3.05, 3.63) is 40.4 Å². The summed E-state index contributed by atoms with van der Waals surface area (Å²) in [7, 11) is 1.12. The van der Waals surface area contributed by atoms with Crippen molar-refractivity contribution < 1.29 is 18.0 Å². The molecule has 14 nitrogen and oxygen atoms in total. The molecule has 3 fully saturated rings. The number of amides is 2. The van der Waals surface area contributed by atoms with Gasteiger partial charge in [-0.25, -0.2) is 28.4 Å². The summed E-state index contributed by atoms with van der Waals surface area (Å²) in [5, 5.41) is 4.37. The summed E-state index contributed by atoms with van der Waals surface area (Å²) in [6, 6.07) is 3.15. The molecule has 2 saturated carbocycles. The third-order valence-corrected chi connectivity index (χ3v) is 10.2. The molecule has 1 atom stereocenters. The molecule has 6 rings (SSSR count). The minimum atomic E-state index is -3.94. The lowest BCUT2D eigenvalue weighted by atomic mass is 10.1. The van der Waals surface area contributed by atoms with Crippen LogP contribution in [0.5, 0.6) is 0 Å². The van der Waals surface area contributed by atoms with Crippen LogP contribution in [-0.4, -0.2) is 95.0 Å². The van der Waals surface area contributed by atoms with Gasteiger partial charge in [0.2, 0.25) is 16.0 Å². The standard InChI is InChI=1S/C28H39N9O5S/c1-18-15-35(10-11-36(18)27(39)34(4)20-6-7-20)23-13-21(43(40,41)32-28(2)8-9-28)12-22-24(23)30-26(31-42-5)37(25(22)38)17-19-14-29-33(3)16-19/h12-14,16,18,20,32H,6-11,15,17H2,1-5H3,(H,30,31)/t18-/m1/s1. The van der Waals surface area contributed by atoms with E-state index in [4.69, 9.17) is 9.82 Å². The highest BCUT2D eigenvalue weighted by Crippen LogP contribution is 2.37. The molecule has 1 aromatic carbocycles. The Hall–Kier alpha value is -3.69. The molecule has 2 amide bonds. The summed E-state index contributed by atoms with van der Waals surface area (Å²) in [4.78, 5) is 43.0. The average molecular weight is 614 g/mol.